The number of benzene rings is 1. The summed E-state index contributed by atoms with van der Waals surface area (Å²) in [5.41, 5.74) is 6.07. The first-order chi connectivity index (χ1) is 6.68. The molecule has 1 heterocycles. The maximum atomic E-state index is 12.9. The van der Waals surface area contributed by atoms with Gasteiger partial charge in [-0.2, -0.15) is 0 Å². The monoisotopic (exact) mass is 256 g/mol. The second kappa shape index (κ2) is 3.42. The quantitative estimate of drug-likeness (QED) is 0.854. The van der Waals surface area contributed by atoms with Gasteiger partial charge in [0.25, 0.3) is 0 Å². The van der Waals surface area contributed by atoms with Crippen LogP contribution in [0.25, 0.3) is 11.3 Å². The Labute approximate surface area is 87.8 Å². The number of nitrogens with two attached hydrogens (primary N) is 1. The van der Waals surface area contributed by atoms with E-state index in [2.05, 4.69) is 21.1 Å². The highest BCUT2D eigenvalue weighted by molar-refractivity contribution is 9.10. The Balaban J connectivity index is 2.55. The first-order valence-electron chi connectivity index (χ1n) is 3.85. The third kappa shape index (κ3) is 1.50. The van der Waals surface area contributed by atoms with Gasteiger partial charge in [0.1, 0.15) is 10.3 Å². The molecule has 14 heavy (non-hydrogen) atoms. The SMILES string of the molecule is Nc1noc(-c2cccc(F)c2)c1Br. The smallest absolute Gasteiger partial charge is 0.183 e. The van der Waals surface area contributed by atoms with E-state index in [4.69, 9.17) is 10.3 Å². The zero-order valence-electron chi connectivity index (χ0n) is 7.00. The van der Waals surface area contributed by atoms with Crippen LogP contribution in [0.2, 0.25) is 0 Å². The Morgan fingerprint density at radius 1 is 1.43 bits per heavy atom. The molecule has 5 heteroatoms. The van der Waals surface area contributed by atoms with Crippen molar-refractivity contribution in [2.75, 3.05) is 5.73 Å². The Hall–Kier alpha value is -1.36. The van der Waals surface area contributed by atoms with Gasteiger partial charge >= 0.3 is 0 Å². The molecule has 0 saturated heterocycles. The average Bonchev–Trinajstić information content (AvgIpc) is 2.48. The van der Waals surface area contributed by atoms with E-state index < -0.39 is 0 Å². The van der Waals surface area contributed by atoms with Crippen LogP contribution in [-0.4, -0.2) is 5.16 Å². The standard InChI is InChI=1S/C9H6BrFN2O/c10-7-8(14-13-9(7)12)5-2-1-3-6(11)4-5/h1-4H,(H2,12,13). The molecule has 0 atom stereocenters. The van der Waals surface area contributed by atoms with Gasteiger partial charge < -0.3 is 10.3 Å². The van der Waals surface area contributed by atoms with Gasteiger partial charge in [0.15, 0.2) is 11.6 Å². The largest absolute Gasteiger partial charge is 0.380 e. The fraction of sp³-hybridized carbons (Fsp3) is 0. The van der Waals surface area contributed by atoms with Crippen LogP contribution in [0.15, 0.2) is 33.3 Å². The number of halogens is 2. The predicted octanol–water partition coefficient (Wildman–Crippen LogP) is 2.83. The molecule has 0 spiro atoms. The summed E-state index contributed by atoms with van der Waals surface area (Å²) in [7, 11) is 0. The highest BCUT2D eigenvalue weighted by atomic mass is 79.9. The lowest BCUT2D eigenvalue weighted by atomic mass is 10.2. The maximum Gasteiger partial charge on any atom is 0.183 e. The zero-order chi connectivity index (χ0) is 10.1. The van der Waals surface area contributed by atoms with Crippen molar-refractivity contribution in [3.8, 4) is 11.3 Å². The van der Waals surface area contributed by atoms with Gasteiger partial charge in [-0.25, -0.2) is 4.39 Å². The number of rotatable bonds is 1. The summed E-state index contributed by atoms with van der Waals surface area (Å²) >= 11 is 3.21. The van der Waals surface area contributed by atoms with Gasteiger partial charge in [-0.15, -0.1) is 0 Å². The van der Waals surface area contributed by atoms with E-state index in [1.807, 2.05) is 0 Å². The van der Waals surface area contributed by atoms with Crippen LogP contribution < -0.4 is 5.73 Å². The lowest BCUT2D eigenvalue weighted by Crippen LogP contribution is -1.83. The van der Waals surface area contributed by atoms with E-state index in [-0.39, 0.29) is 11.6 Å². The first-order valence-corrected chi connectivity index (χ1v) is 4.64. The molecule has 0 unspecified atom stereocenters. The number of aromatic nitrogens is 1. The van der Waals surface area contributed by atoms with Crippen molar-refractivity contribution in [1.82, 2.24) is 5.16 Å². The zero-order valence-corrected chi connectivity index (χ0v) is 8.58. The Bertz CT molecular complexity index is 470. The molecule has 0 saturated carbocycles. The Morgan fingerprint density at radius 2 is 2.21 bits per heavy atom. The second-order valence-corrected chi connectivity index (χ2v) is 3.51. The third-order valence-corrected chi connectivity index (χ3v) is 2.51. The molecule has 1 aromatic heterocycles. The van der Waals surface area contributed by atoms with E-state index in [9.17, 15) is 4.39 Å². The highest BCUT2D eigenvalue weighted by Crippen LogP contribution is 2.32. The Kier molecular flexibility index (Phi) is 2.25. The van der Waals surface area contributed by atoms with Gasteiger partial charge in [-0.3, -0.25) is 0 Å². The summed E-state index contributed by atoms with van der Waals surface area (Å²) in [5.74, 6) is 0.357. The van der Waals surface area contributed by atoms with Crippen LogP contribution in [-0.2, 0) is 0 Å². The minimum absolute atomic E-state index is 0.254. The molecule has 2 N–H and O–H groups in total. The van der Waals surface area contributed by atoms with Crippen LogP contribution in [0.1, 0.15) is 0 Å². The fourth-order valence-corrected chi connectivity index (χ4v) is 1.47. The summed E-state index contributed by atoms with van der Waals surface area (Å²) in [6, 6.07) is 6.02. The lowest BCUT2D eigenvalue weighted by molar-refractivity contribution is 0.435. The minimum Gasteiger partial charge on any atom is -0.380 e. The van der Waals surface area contributed by atoms with Crippen molar-refractivity contribution in [3.63, 3.8) is 0 Å². The molecule has 0 aliphatic heterocycles. The molecular weight excluding hydrogens is 251 g/mol. The van der Waals surface area contributed by atoms with Crippen LogP contribution in [0.5, 0.6) is 0 Å². The maximum absolute atomic E-state index is 12.9. The van der Waals surface area contributed by atoms with E-state index in [0.29, 0.717) is 15.8 Å². The molecule has 72 valence electrons. The van der Waals surface area contributed by atoms with Gasteiger partial charge in [0.2, 0.25) is 0 Å². The Morgan fingerprint density at radius 3 is 2.79 bits per heavy atom. The van der Waals surface area contributed by atoms with E-state index in [1.165, 1.54) is 12.1 Å². The van der Waals surface area contributed by atoms with E-state index >= 15 is 0 Å². The molecular formula is C9H6BrFN2O. The number of hydrogen-bond donors (Lipinski definition) is 1. The third-order valence-electron chi connectivity index (χ3n) is 1.75. The second-order valence-electron chi connectivity index (χ2n) is 2.72. The van der Waals surface area contributed by atoms with Crippen molar-refractivity contribution in [1.29, 1.82) is 0 Å². The molecule has 0 radical (unpaired) electrons. The van der Waals surface area contributed by atoms with Crippen molar-refractivity contribution in [2.24, 2.45) is 0 Å². The molecule has 0 aliphatic carbocycles. The molecule has 2 rings (SSSR count). The minimum atomic E-state index is -0.329. The summed E-state index contributed by atoms with van der Waals surface area (Å²) in [6.07, 6.45) is 0. The molecule has 1 aromatic carbocycles. The number of nitrogens with zero attached hydrogens (tertiary/aromatic N) is 1. The molecule has 3 nitrogen and oxygen atoms in total. The van der Waals surface area contributed by atoms with Crippen LogP contribution in [0.3, 0.4) is 0 Å². The fourth-order valence-electron chi connectivity index (χ4n) is 1.10. The normalized spacial score (nSPS) is 10.4. The van der Waals surface area contributed by atoms with Crippen molar-refractivity contribution in [3.05, 3.63) is 34.6 Å². The molecule has 2 aromatic rings. The average molecular weight is 257 g/mol. The number of nitrogen functional groups attached to an aromatic ring is 1. The summed E-state index contributed by atoms with van der Waals surface area (Å²) in [4.78, 5) is 0. The van der Waals surface area contributed by atoms with Gasteiger partial charge in [-0.1, -0.05) is 17.3 Å². The first kappa shape index (κ1) is 9.21. The summed E-state index contributed by atoms with van der Waals surface area (Å²) in [5, 5.41) is 3.56. The molecule has 0 aliphatic rings. The van der Waals surface area contributed by atoms with Crippen LogP contribution in [0, 0.1) is 5.82 Å². The van der Waals surface area contributed by atoms with Crippen LogP contribution in [0.4, 0.5) is 10.2 Å². The molecule has 0 amide bonds. The van der Waals surface area contributed by atoms with Crippen molar-refractivity contribution >= 4 is 21.7 Å². The predicted molar refractivity (Wildman–Crippen MR) is 54.0 cm³/mol. The number of anilines is 1. The van der Waals surface area contributed by atoms with Crippen molar-refractivity contribution < 1.29 is 8.91 Å². The van der Waals surface area contributed by atoms with Crippen molar-refractivity contribution in [2.45, 2.75) is 0 Å². The van der Waals surface area contributed by atoms with Crippen LogP contribution >= 0.6 is 15.9 Å². The van der Waals surface area contributed by atoms with Gasteiger partial charge in [0, 0.05) is 5.56 Å². The van der Waals surface area contributed by atoms with Gasteiger partial charge in [0.05, 0.1) is 0 Å². The topological polar surface area (TPSA) is 52.0 Å². The van der Waals surface area contributed by atoms with E-state index in [1.54, 1.807) is 12.1 Å². The molecule has 0 bridgehead atoms. The highest BCUT2D eigenvalue weighted by Gasteiger charge is 2.12. The van der Waals surface area contributed by atoms with Gasteiger partial charge in [-0.05, 0) is 28.1 Å². The number of hydrogen-bond acceptors (Lipinski definition) is 3. The lowest BCUT2D eigenvalue weighted by Gasteiger charge is -1.95. The summed E-state index contributed by atoms with van der Waals surface area (Å²) < 4.78 is 18.4. The summed E-state index contributed by atoms with van der Waals surface area (Å²) in [6.45, 7) is 0. The van der Waals surface area contributed by atoms with E-state index in [0.717, 1.165) is 0 Å². The molecule has 0 fully saturated rings.